The second-order valence-electron chi connectivity index (χ2n) is 4.53. The summed E-state index contributed by atoms with van der Waals surface area (Å²) in [6, 6.07) is 0. The summed E-state index contributed by atoms with van der Waals surface area (Å²) in [5.74, 6) is 0.0414. The monoisotopic (exact) mass is 254 g/mol. The minimum Gasteiger partial charge on any atom is -0.466 e. The van der Waals surface area contributed by atoms with Crippen molar-refractivity contribution in [2.24, 2.45) is 0 Å². The van der Waals surface area contributed by atoms with E-state index >= 15 is 0 Å². The van der Waals surface area contributed by atoms with Crippen molar-refractivity contribution < 1.29 is 14.3 Å². The molecule has 0 rings (SSSR count). The number of unbranched alkanes of at least 4 members (excludes halogenated alkanes) is 6. The molecule has 0 saturated carbocycles. The SMILES string of the molecule is C/C=C/C(=O)CCCCCCCCCOC(C)=O. The first-order valence-corrected chi connectivity index (χ1v) is 6.95. The Hall–Kier alpha value is -1.12. The van der Waals surface area contributed by atoms with E-state index in [9.17, 15) is 9.59 Å². The van der Waals surface area contributed by atoms with Gasteiger partial charge in [-0.15, -0.1) is 0 Å². The van der Waals surface area contributed by atoms with Gasteiger partial charge in [-0.05, 0) is 25.8 Å². The molecule has 0 aliphatic heterocycles. The van der Waals surface area contributed by atoms with Crippen LogP contribution in [0.15, 0.2) is 12.2 Å². The molecule has 0 spiro atoms. The van der Waals surface area contributed by atoms with Crippen molar-refractivity contribution in [2.45, 2.75) is 65.2 Å². The quantitative estimate of drug-likeness (QED) is 0.320. The number of ketones is 1. The van der Waals surface area contributed by atoms with E-state index in [2.05, 4.69) is 0 Å². The molecule has 0 saturated heterocycles. The minimum atomic E-state index is -0.194. The molecule has 0 aromatic carbocycles. The number of rotatable bonds is 11. The van der Waals surface area contributed by atoms with Crippen LogP contribution in [-0.4, -0.2) is 18.4 Å². The van der Waals surface area contributed by atoms with E-state index in [1.807, 2.05) is 6.92 Å². The molecule has 0 aliphatic carbocycles. The van der Waals surface area contributed by atoms with Crippen molar-refractivity contribution in [3.63, 3.8) is 0 Å². The van der Waals surface area contributed by atoms with E-state index in [0.717, 1.165) is 25.7 Å². The Balaban J connectivity index is 3.12. The maximum atomic E-state index is 11.2. The normalized spacial score (nSPS) is 10.8. The number of hydrogen-bond donors (Lipinski definition) is 0. The Kier molecular flexibility index (Phi) is 11.6. The fourth-order valence-corrected chi connectivity index (χ4v) is 1.77. The second kappa shape index (κ2) is 12.3. The predicted octanol–water partition coefficient (Wildman–Crippen LogP) is 3.82. The van der Waals surface area contributed by atoms with E-state index in [1.165, 1.54) is 26.2 Å². The van der Waals surface area contributed by atoms with Crippen molar-refractivity contribution in [1.82, 2.24) is 0 Å². The summed E-state index contributed by atoms with van der Waals surface area (Å²) in [4.78, 5) is 21.7. The molecule has 0 aromatic rings. The summed E-state index contributed by atoms with van der Waals surface area (Å²) in [6.07, 6.45) is 11.9. The summed E-state index contributed by atoms with van der Waals surface area (Å²) in [7, 11) is 0. The molecule has 18 heavy (non-hydrogen) atoms. The summed E-state index contributed by atoms with van der Waals surface area (Å²) < 4.78 is 4.85. The summed E-state index contributed by atoms with van der Waals surface area (Å²) in [5.41, 5.74) is 0. The highest BCUT2D eigenvalue weighted by Gasteiger charge is 1.97. The van der Waals surface area contributed by atoms with Gasteiger partial charge in [-0.1, -0.05) is 38.2 Å². The van der Waals surface area contributed by atoms with E-state index in [4.69, 9.17) is 4.74 Å². The lowest BCUT2D eigenvalue weighted by molar-refractivity contribution is -0.141. The van der Waals surface area contributed by atoms with Crippen LogP contribution in [0.3, 0.4) is 0 Å². The Morgan fingerprint density at radius 3 is 2.06 bits per heavy atom. The highest BCUT2D eigenvalue weighted by atomic mass is 16.5. The molecule has 0 atom stereocenters. The van der Waals surface area contributed by atoms with Gasteiger partial charge in [-0.2, -0.15) is 0 Å². The van der Waals surface area contributed by atoms with Crippen LogP contribution in [0.5, 0.6) is 0 Å². The highest BCUT2D eigenvalue weighted by molar-refractivity contribution is 5.89. The molecule has 0 amide bonds. The molecule has 0 radical (unpaired) electrons. The van der Waals surface area contributed by atoms with Crippen molar-refractivity contribution in [1.29, 1.82) is 0 Å². The standard InChI is InChI=1S/C15H26O3/c1-3-11-15(17)12-9-7-5-4-6-8-10-13-18-14(2)16/h3,11H,4-10,12-13H2,1-2H3/b11-3+. The van der Waals surface area contributed by atoms with Gasteiger partial charge in [-0.3, -0.25) is 9.59 Å². The van der Waals surface area contributed by atoms with Crippen LogP contribution >= 0.6 is 0 Å². The van der Waals surface area contributed by atoms with Crippen molar-refractivity contribution in [3.05, 3.63) is 12.2 Å². The van der Waals surface area contributed by atoms with Crippen LogP contribution in [0.25, 0.3) is 0 Å². The van der Waals surface area contributed by atoms with Gasteiger partial charge in [0, 0.05) is 13.3 Å². The van der Waals surface area contributed by atoms with Gasteiger partial charge >= 0.3 is 5.97 Å². The molecule has 0 aliphatic rings. The van der Waals surface area contributed by atoms with Gasteiger partial charge in [0.1, 0.15) is 0 Å². The van der Waals surface area contributed by atoms with Gasteiger partial charge in [0.05, 0.1) is 6.61 Å². The molecule has 104 valence electrons. The molecule has 3 nitrogen and oxygen atoms in total. The fraction of sp³-hybridized carbons (Fsp3) is 0.733. The lowest BCUT2D eigenvalue weighted by Crippen LogP contribution is -2.00. The molecule has 0 fully saturated rings. The van der Waals surface area contributed by atoms with Crippen LogP contribution < -0.4 is 0 Å². The topological polar surface area (TPSA) is 43.4 Å². The first-order valence-electron chi connectivity index (χ1n) is 6.95. The van der Waals surface area contributed by atoms with E-state index in [1.54, 1.807) is 12.2 Å². The van der Waals surface area contributed by atoms with Gasteiger partial charge < -0.3 is 4.74 Å². The molecule has 0 heterocycles. The number of carbonyl (C=O) groups excluding carboxylic acids is 2. The van der Waals surface area contributed by atoms with E-state index in [0.29, 0.717) is 13.0 Å². The maximum absolute atomic E-state index is 11.2. The second-order valence-corrected chi connectivity index (χ2v) is 4.53. The number of hydrogen-bond acceptors (Lipinski definition) is 3. The summed E-state index contributed by atoms with van der Waals surface area (Å²) in [5, 5.41) is 0. The van der Waals surface area contributed by atoms with Crippen LogP contribution in [0.4, 0.5) is 0 Å². The minimum absolute atomic E-state index is 0.194. The number of allylic oxidation sites excluding steroid dienone is 2. The fourth-order valence-electron chi connectivity index (χ4n) is 1.77. The zero-order valence-electron chi connectivity index (χ0n) is 11.7. The average molecular weight is 254 g/mol. The Morgan fingerprint density at radius 2 is 1.50 bits per heavy atom. The first-order chi connectivity index (χ1) is 8.66. The zero-order chi connectivity index (χ0) is 13.6. The number of ether oxygens (including phenoxy) is 1. The third kappa shape index (κ3) is 12.9. The van der Waals surface area contributed by atoms with Gasteiger partial charge in [0.25, 0.3) is 0 Å². The molecule has 3 heteroatoms. The highest BCUT2D eigenvalue weighted by Crippen LogP contribution is 2.09. The van der Waals surface area contributed by atoms with Crippen LogP contribution in [0.1, 0.15) is 65.2 Å². The average Bonchev–Trinajstić information content (AvgIpc) is 2.31. The van der Waals surface area contributed by atoms with Crippen molar-refractivity contribution in [3.8, 4) is 0 Å². The van der Waals surface area contributed by atoms with Crippen LogP contribution in [0.2, 0.25) is 0 Å². The first kappa shape index (κ1) is 16.9. The smallest absolute Gasteiger partial charge is 0.302 e. The van der Waals surface area contributed by atoms with Crippen LogP contribution in [0, 0.1) is 0 Å². The number of esters is 1. The van der Waals surface area contributed by atoms with E-state index in [-0.39, 0.29) is 11.8 Å². The molecule has 0 bridgehead atoms. The molecule has 0 unspecified atom stereocenters. The summed E-state index contributed by atoms with van der Waals surface area (Å²) >= 11 is 0. The van der Waals surface area contributed by atoms with Crippen LogP contribution in [-0.2, 0) is 14.3 Å². The van der Waals surface area contributed by atoms with Crippen molar-refractivity contribution >= 4 is 11.8 Å². The Labute approximate surface area is 111 Å². The zero-order valence-corrected chi connectivity index (χ0v) is 11.7. The molecule has 0 aromatic heterocycles. The molecule has 0 N–H and O–H groups in total. The maximum Gasteiger partial charge on any atom is 0.302 e. The van der Waals surface area contributed by atoms with E-state index < -0.39 is 0 Å². The lowest BCUT2D eigenvalue weighted by Gasteiger charge is -2.02. The Bertz CT molecular complexity index is 256. The van der Waals surface area contributed by atoms with Gasteiger partial charge in [-0.25, -0.2) is 0 Å². The largest absolute Gasteiger partial charge is 0.466 e. The Morgan fingerprint density at radius 1 is 0.944 bits per heavy atom. The molecular weight excluding hydrogens is 228 g/mol. The third-order valence-electron chi connectivity index (χ3n) is 2.73. The van der Waals surface area contributed by atoms with Gasteiger partial charge in [0.15, 0.2) is 5.78 Å². The lowest BCUT2D eigenvalue weighted by atomic mass is 10.1. The molecular formula is C15H26O3. The van der Waals surface area contributed by atoms with Gasteiger partial charge in [0.2, 0.25) is 0 Å². The number of carbonyl (C=O) groups is 2. The van der Waals surface area contributed by atoms with Crippen molar-refractivity contribution in [2.75, 3.05) is 6.61 Å². The third-order valence-corrected chi connectivity index (χ3v) is 2.73. The predicted molar refractivity (Wildman–Crippen MR) is 73.4 cm³/mol. The summed E-state index contributed by atoms with van der Waals surface area (Å²) in [6.45, 7) is 3.86.